The van der Waals surface area contributed by atoms with Gasteiger partial charge in [-0.3, -0.25) is 19.2 Å². The molecule has 0 unspecified atom stereocenters. The van der Waals surface area contributed by atoms with Crippen molar-refractivity contribution in [3.63, 3.8) is 0 Å². The Hall–Kier alpha value is -2.58. The van der Waals surface area contributed by atoms with Crippen molar-refractivity contribution >= 4 is 28.7 Å². The first kappa shape index (κ1) is 20.7. The lowest BCUT2D eigenvalue weighted by molar-refractivity contribution is 0.248. The Bertz CT molecular complexity index is 1170. The van der Waals surface area contributed by atoms with E-state index in [9.17, 15) is 9.59 Å². The van der Waals surface area contributed by atoms with Crippen LogP contribution in [0.1, 0.15) is 19.4 Å². The molecule has 1 aromatic carbocycles. The highest BCUT2D eigenvalue weighted by atomic mass is 35.5. The molecule has 2 aromatic heterocycles. The van der Waals surface area contributed by atoms with Crippen LogP contribution in [0.3, 0.4) is 0 Å². The minimum Gasteiger partial charge on any atom is -0.340 e. The molecule has 0 amide bonds. The predicted molar refractivity (Wildman–Crippen MR) is 119 cm³/mol. The number of aromatic amines is 1. The summed E-state index contributed by atoms with van der Waals surface area (Å²) in [5.74, 6) is 1.09. The maximum atomic E-state index is 12.6. The lowest BCUT2D eigenvalue weighted by Gasteiger charge is -2.35. The molecule has 8 nitrogen and oxygen atoms in total. The SMILES string of the molecule is CC(C)Cn1c(N2CCN(Cc3ccccc3Cl)CC2)nc2c1c(=O)[nH]c(=O)n2C. The van der Waals surface area contributed by atoms with Gasteiger partial charge in [-0.25, -0.2) is 4.79 Å². The molecule has 3 heterocycles. The average molecular weight is 431 g/mol. The topological polar surface area (TPSA) is 79.2 Å². The average Bonchev–Trinajstić information content (AvgIpc) is 3.08. The van der Waals surface area contributed by atoms with Gasteiger partial charge in [-0.1, -0.05) is 43.6 Å². The number of imidazole rings is 1. The van der Waals surface area contributed by atoms with Gasteiger partial charge in [0, 0.05) is 51.3 Å². The van der Waals surface area contributed by atoms with Crippen LogP contribution in [-0.4, -0.2) is 50.2 Å². The fourth-order valence-electron chi connectivity index (χ4n) is 3.98. The van der Waals surface area contributed by atoms with E-state index < -0.39 is 5.69 Å². The fraction of sp³-hybridized carbons (Fsp3) is 0.476. The van der Waals surface area contributed by atoms with Crippen molar-refractivity contribution in [1.29, 1.82) is 0 Å². The van der Waals surface area contributed by atoms with Gasteiger partial charge in [-0.2, -0.15) is 4.98 Å². The first-order valence-electron chi connectivity index (χ1n) is 10.3. The molecule has 1 aliphatic rings. The van der Waals surface area contributed by atoms with E-state index in [0.717, 1.165) is 49.3 Å². The maximum Gasteiger partial charge on any atom is 0.329 e. The van der Waals surface area contributed by atoms with E-state index in [4.69, 9.17) is 16.6 Å². The summed E-state index contributed by atoms with van der Waals surface area (Å²) in [6.07, 6.45) is 0. The third-order valence-corrected chi connectivity index (χ3v) is 5.91. The Labute approximate surface area is 179 Å². The molecule has 9 heteroatoms. The highest BCUT2D eigenvalue weighted by Gasteiger charge is 2.25. The zero-order valence-electron chi connectivity index (χ0n) is 17.6. The van der Waals surface area contributed by atoms with Gasteiger partial charge < -0.3 is 9.47 Å². The number of H-pyrrole nitrogens is 1. The Morgan fingerprint density at radius 3 is 2.50 bits per heavy atom. The van der Waals surface area contributed by atoms with Gasteiger partial charge >= 0.3 is 5.69 Å². The molecular weight excluding hydrogens is 404 g/mol. The van der Waals surface area contributed by atoms with Crippen LogP contribution in [0, 0.1) is 5.92 Å². The molecule has 1 fully saturated rings. The van der Waals surface area contributed by atoms with Crippen LogP contribution in [-0.2, 0) is 20.1 Å². The largest absolute Gasteiger partial charge is 0.340 e. The minimum atomic E-state index is -0.446. The Kier molecular flexibility index (Phi) is 5.71. The second kappa shape index (κ2) is 8.28. The van der Waals surface area contributed by atoms with Crippen molar-refractivity contribution in [3.05, 3.63) is 55.7 Å². The molecule has 0 radical (unpaired) electrons. The number of piperazine rings is 1. The molecule has 1 saturated heterocycles. The maximum absolute atomic E-state index is 12.6. The van der Waals surface area contributed by atoms with Gasteiger partial charge in [0.05, 0.1) is 0 Å². The number of rotatable bonds is 5. The summed E-state index contributed by atoms with van der Waals surface area (Å²) < 4.78 is 3.37. The van der Waals surface area contributed by atoms with Crippen LogP contribution in [0.5, 0.6) is 0 Å². The van der Waals surface area contributed by atoms with Gasteiger partial charge in [0.2, 0.25) is 5.95 Å². The van der Waals surface area contributed by atoms with Crippen molar-refractivity contribution in [2.75, 3.05) is 31.1 Å². The summed E-state index contributed by atoms with van der Waals surface area (Å²) in [6, 6.07) is 7.93. The van der Waals surface area contributed by atoms with Crippen LogP contribution in [0.25, 0.3) is 11.2 Å². The normalized spacial score (nSPS) is 15.4. The van der Waals surface area contributed by atoms with Crippen LogP contribution >= 0.6 is 11.6 Å². The third-order valence-electron chi connectivity index (χ3n) is 5.54. The Morgan fingerprint density at radius 2 is 1.83 bits per heavy atom. The van der Waals surface area contributed by atoms with Gasteiger partial charge in [-0.15, -0.1) is 0 Å². The molecule has 1 N–H and O–H groups in total. The minimum absolute atomic E-state index is 0.333. The number of nitrogens with one attached hydrogen (secondary N) is 1. The van der Waals surface area contributed by atoms with Crippen molar-refractivity contribution < 1.29 is 0 Å². The molecule has 4 rings (SSSR count). The van der Waals surface area contributed by atoms with Crippen LogP contribution < -0.4 is 16.1 Å². The molecule has 3 aromatic rings. The second-order valence-electron chi connectivity index (χ2n) is 8.26. The molecule has 160 valence electrons. The number of aryl methyl sites for hydroxylation is 1. The summed E-state index contributed by atoms with van der Waals surface area (Å²) in [6.45, 7) is 8.99. The van der Waals surface area contributed by atoms with E-state index in [2.05, 4.69) is 34.7 Å². The Balaban J connectivity index is 1.61. The number of nitrogens with zero attached hydrogens (tertiary/aromatic N) is 5. The first-order valence-corrected chi connectivity index (χ1v) is 10.6. The third kappa shape index (κ3) is 3.89. The predicted octanol–water partition coefficient (Wildman–Crippen LogP) is 2.05. The molecule has 0 bridgehead atoms. The highest BCUT2D eigenvalue weighted by Crippen LogP contribution is 2.23. The zero-order valence-corrected chi connectivity index (χ0v) is 18.3. The van der Waals surface area contributed by atoms with Crippen LogP contribution in [0.4, 0.5) is 5.95 Å². The number of aromatic nitrogens is 4. The van der Waals surface area contributed by atoms with E-state index in [1.54, 1.807) is 7.05 Å². The van der Waals surface area contributed by atoms with E-state index in [0.29, 0.717) is 23.6 Å². The molecule has 1 aliphatic heterocycles. The van der Waals surface area contributed by atoms with Crippen LogP contribution in [0.15, 0.2) is 33.9 Å². The van der Waals surface area contributed by atoms with Crippen molar-refractivity contribution in [1.82, 2.24) is 24.0 Å². The van der Waals surface area contributed by atoms with Gasteiger partial charge in [0.1, 0.15) is 0 Å². The molecule has 0 saturated carbocycles. The smallest absolute Gasteiger partial charge is 0.329 e. The lowest BCUT2D eigenvalue weighted by Crippen LogP contribution is -2.47. The molecule has 0 aliphatic carbocycles. The van der Waals surface area contributed by atoms with E-state index in [-0.39, 0.29) is 5.56 Å². The number of benzene rings is 1. The van der Waals surface area contributed by atoms with Gasteiger partial charge in [0.15, 0.2) is 11.2 Å². The van der Waals surface area contributed by atoms with Crippen molar-refractivity contribution in [3.8, 4) is 0 Å². The van der Waals surface area contributed by atoms with Crippen LogP contribution in [0.2, 0.25) is 5.02 Å². The number of anilines is 1. The summed E-state index contributed by atoms with van der Waals surface area (Å²) >= 11 is 6.31. The number of hydrogen-bond donors (Lipinski definition) is 1. The fourth-order valence-corrected chi connectivity index (χ4v) is 4.17. The second-order valence-corrected chi connectivity index (χ2v) is 8.67. The van der Waals surface area contributed by atoms with Gasteiger partial charge in [-0.05, 0) is 17.5 Å². The highest BCUT2D eigenvalue weighted by molar-refractivity contribution is 6.31. The summed E-state index contributed by atoms with van der Waals surface area (Å²) in [7, 11) is 1.64. The molecule has 30 heavy (non-hydrogen) atoms. The first-order chi connectivity index (χ1) is 14.3. The monoisotopic (exact) mass is 430 g/mol. The number of halogens is 1. The van der Waals surface area contributed by atoms with E-state index in [1.165, 1.54) is 4.57 Å². The summed E-state index contributed by atoms with van der Waals surface area (Å²) in [4.78, 5) is 36.3. The summed E-state index contributed by atoms with van der Waals surface area (Å²) in [5, 5.41) is 0.791. The molecule has 0 atom stereocenters. The molecule has 0 spiro atoms. The number of hydrogen-bond acceptors (Lipinski definition) is 5. The number of fused-ring (bicyclic) bond motifs is 1. The summed E-state index contributed by atoms with van der Waals surface area (Å²) in [5.41, 5.74) is 1.18. The van der Waals surface area contributed by atoms with E-state index >= 15 is 0 Å². The standard InChI is InChI=1S/C21H27ClN6O2/c1-14(2)12-28-17-18(25(3)21(30)24-19(17)29)23-20(28)27-10-8-26(9-11-27)13-15-6-4-5-7-16(15)22/h4-7,14H,8-13H2,1-3H3,(H,24,29,30). The quantitative estimate of drug-likeness (QED) is 0.670. The molecular formula is C21H27ClN6O2. The lowest BCUT2D eigenvalue weighted by atomic mass is 10.2. The Morgan fingerprint density at radius 1 is 1.13 bits per heavy atom. The van der Waals surface area contributed by atoms with Crippen molar-refractivity contribution in [2.45, 2.75) is 26.9 Å². The van der Waals surface area contributed by atoms with Crippen molar-refractivity contribution in [2.24, 2.45) is 13.0 Å². The van der Waals surface area contributed by atoms with E-state index in [1.807, 2.05) is 22.8 Å². The van der Waals surface area contributed by atoms with Gasteiger partial charge in [0.25, 0.3) is 5.56 Å². The zero-order chi connectivity index (χ0) is 21.4.